The number of halogens is 3. The van der Waals surface area contributed by atoms with Crippen LogP contribution >= 0.6 is 0 Å². The maximum atomic E-state index is 12.7. The van der Waals surface area contributed by atoms with Gasteiger partial charge in [0, 0.05) is 24.8 Å². The van der Waals surface area contributed by atoms with Crippen molar-refractivity contribution in [1.82, 2.24) is 4.90 Å². The zero-order valence-corrected chi connectivity index (χ0v) is 15.3. The van der Waals surface area contributed by atoms with Crippen molar-refractivity contribution in [3.05, 3.63) is 58.1 Å². The summed E-state index contributed by atoms with van der Waals surface area (Å²) in [7, 11) is 0. The second kappa shape index (κ2) is 9.10. The first-order chi connectivity index (χ1) is 13.8. The summed E-state index contributed by atoms with van der Waals surface area (Å²) in [6.45, 7) is 2.60. The molecule has 2 aromatic rings. The van der Waals surface area contributed by atoms with Gasteiger partial charge in [0.05, 0.1) is 25.3 Å². The van der Waals surface area contributed by atoms with Crippen LogP contribution in [0.5, 0.6) is 5.75 Å². The average molecular weight is 412 g/mol. The molecule has 1 saturated heterocycles. The van der Waals surface area contributed by atoms with Crippen molar-refractivity contribution in [2.75, 3.05) is 38.2 Å². The van der Waals surface area contributed by atoms with E-state index in [1.807, 2.05) is 0 Å². The Hall–Kier alpha value is -2.85. The summed E-state index contributed by atoms with van der Waals surface area (Å²) >= 11 is 0. The molecule has 0 atom stereocenters. The first-order valence-electron chi connectivity index (χ1n) is 8.83. The van der Waals surface area contributed by atoms with E-state index < -0.39 is 29.7 Å². The molecule has 29 heavy (non-hydrogen) atoms. The molecule has 0 unspecified atom stereocenters. The van der Waals surface area contributed by atoms with E-state index in [-0.39, 0.29) is 11.4 Å². The molecule has 1 aliphatic heterocycles. The largest absolute Gasteiger partial charge is 0.477 e. The zero-order chi connectivity index (χ0) is 20.9. The molecule has 10 heteroatoms. The summed E-state index contributed by atoms with van der Waals surface area (Å²) < 4.78 is 53.9. The van der Waals surface area contributed by atoms with Gasteiger partial charge in [-0.3, -0.25) is 14.5 Å². The number of carbonyl (C=O) groups is 1. The van der Waals surface area contributed by atoms with E-state index >= 15 is 0 Å². The van der Waals surface area contributed by atoms with Gasteiger partial charge in [-0.2, -0.15) is 13.2 Å². The Morgan fingerprint density at radius 1 is 1.21 bits per heavy atom. The van der Waals surface area contributed by atoms with Gasteiger partial charge in [0.1, 0.15) is 12.0 Å². The van der Waals surface area contributed by atoms with Crippen molar-refractivity contribution < 1.29 is 31.9 Å². The number of amides is 1. The standard InChI is InChI=1S/C19H19F3N2O5/c20-19(21,22)13-2-1-3-14(8-13)23-18(26)12-29-17-11-28-15(9-16(17)25)10-24-4-6-27-7-5-24/h1-3,8-9,11H,4-7,10,12H2,(H,23,26). The summed E-state index contributed by atoms with van der Waals surface area (Å²) in [6.07, 6.45) is -3.39. The molecule has 0 radical (unpaired) electrons. The highest BCUT2D eigenvalue weighted by Gasteiger charge is 2.30. The molecule has 2 heterocycles. The van der Waals surface area contributed by atoms with Crippen molar-refractivity contribution in [1.29, 1.82) is 0 Å². The third-order valence-electron chi connectivity index (χ3n) is 4.17. The van der Waals surface area contributed by atoms with Crippen LogP contribution < -0.4 is 15.5 Å². The van der Waals surface area contributed by atoms with E-state index in [0.717, 1.165) is 31.5 Å². The van der Waals surface area contributed by atoms with Crippen LogP contribution in [0.25, 0.3) is 0 Å². The Labute approximate surface area is 164 Å². The van der Waals surface area contributed by atoms with Crippen molar-refractivity contribution in [3.63, 3.8) is 0 Å². The number of hydrogen-bond donors (Lipinski definition) is 1. The monoisotopic (exact) mass is 412 g/mol. The van der Waals surface area contributed by atoms with Crippen LogP contribution in [-0.4, -0.2) is 43.7 Å². The molecule has 0 spiro atoms. The predicted octanol–water partition coefficient (Wildman–Crippen LogP) is 2.51. The fourth-order valence-corrected chi connectivity index (χ4v) is 2.72. The highest BCUT2D eigenvalue weighted by Crippen LogP contribution is 2.30. The summed E-state index contributed by atoms with van der Waals surface area (Å²) in [6, 6.07) is 5.50. The van der Waals surface area contributed by atoms with Crippen molar-refractivity contribution in [2.45, 2.75) is 12.7 Å². The number of nitrogens with zero attached hydrogens (tertiary/aromatic N) is 1. The molecule has 1 aliphatic rings. The molecule has 1 aromatic heterocycles. The van der Waals surface area contributed by atoms with Gasteiger partial charge in [-0.05, 0) is 18.2 Å². The van der Waals surface area contributed by atoms with E-state index in [9.17, 15) is 22.8 Å². The smallest absolute Gasteiger partial charge is 0.416 e. The topological polar surface area (TPSA) is 81.0 Å². The number of hydrogen-bond acceptors (Lipinski definition) is 6. The average Bonchev–Trinajstić information content (AvgIpc) is 2.68. The van der Waals surface area contributed by atoms with Crippen molar-refractivity contribution in [2.24, 2.45) is 0 Å². The fourth-order valence-electron chi connectivity index (χ4n) is 2.72. The summed E-state index contributed by atoms with van der Waals surface area (Å²) in [4.78, 5) is 26.1. The fraction of sp³-hybridized carbons (Fsp3) is 0.368. The van der Waals surface area contributed by atoms with Gasteiger partial charge in [-0.15, -0.1) is 0 Å². The Bertz CT molecular complexity index is 907. The lowest BCUT2D eigenvalue weighted by Gasteiger charge is -2.25. The number of carbonyl (C=O) groups excluding carboxylic acids is 1. The maximum Gasteiger partial charge on any atom is 0.416 e. The van der Waals surface area contributed by atoms with E-state index in [4.69, 9.17) is 13.9 Å². The van der Waals surface area contributed by atoms with Gasteiger partial charge < -0.3 is 19.2 Å². The first kappa shape index (κ1) is 20.9. The van der Waals surface area contributed by atoms with E-state index in [1.165, 1.54) is 18.2 Å². The SMILES string of the molecule is O=C(COc1coc(CN2CCOCC2)cc1=O)Nc1cccc(C(F)(F)F)c1. The molecule has 0 aliphatic carbocycles. The third-order valence-corrected chi connectivity index (χ3v) is 4.17. The predicted molar refractivity (Wildman–Crippen MR) is 96.6 cm³/mol. The van der Waals surface area contributed by atoms with E-state index in [0.29, 0.717) is 25.5 Å². The Morgan fingerprint density at radius 3 is 2.66 bits per heavy atom. The number of rotatable bonds is 6. The van der Waals surface area contributed by atoms with Crippen LogP contribution in [0, 0.1) is 0 Å². The zero-order valence-electron chi connectivity index (χ0n) is 15.3. The van der Waals surface area contributed by atoms with Crippen molar-refractivity contribution >= 4 is 11.6 Å². The summed E-state index contributed by atoms with van der Waals surface area (Å²) in [5, 5.41) is 2.29. The molecule has 1 N–H and O–H groups in total. The minimum absolute atomic E-state index is 0.0266. The quantitative estimate of drug-likeness (QED) is 0.785. The molecule has 1 fully saturated rings. The number of morpholine rings is 1. The number of alkyl halides is 3. The van der Waals surface area contributed by atoms with Gasteiger partial charge in [-0.25, -0.2) is 0 Å². The summed E-state index contributed by atoms with van der Waals surface area (Å²) in [5.41, 5.74) is -1.36. The minimum atomic E-state index is -4.51. The minimum Gasteiger partial charge on any atom is -0.477 e. The van der Waals surface area contributed by atoms with Gasteiger partial charge in [0.2, 0.25) is 11.2 Å². The molecule has 0 saturated carbocycles. The van der Waals surface area contributed by atoms with Crippen molar-refractivity contribution in [3.8, 4) is 5.75 Å². The Balaban J connectivity index is 1.54. The third kappa shape index (κ3) is 6.06. The lowest BCUT2D eigenvalue weighted by atomic mass is 10.2. The molecule has 7 nitrogen and oxygen atoms in total. The number of anilines is 1. The molecular formula is C19H19F3N2O5. The second-order valence-electron chi connectivity index (χ2n) is 6.38. The van der Waals surface area contributed by atoms with Crippen LogP contribution in [-0.2, 0) is 22.3 Å². The lowest BCUT2D eigenvalue weighted by Crippen LogP contribution is -2.35. The molecular weight excluding hydrogens is 393 g/mol. The van der Waals surface area contributed by atoms with Gasteiger partial charge in [0.15, 0.2) is 6.61 Å². The van der Waals surface area contributed by atoms with Crippen LogP contribution in [0.15, 0.2) is 45.8 Å². The van der Waals surface area contributed by atoms with Gasteiger partial charge in [0.25, 0.3) is 5.91 Å². The van der Waals surface area contributed by atoms with Crippen LogP contribution in [0.4, 0.5) is 18.9 Å². The highest BCUT2D eigenvalue weighted by atomic mass is 19.4. The maximum absolute atomic E-state index is 12.7. The van der Waals surface area contributed by atoms with E-state index in [2.05, 4.69) is 10.2 Å². The van der Waals surface area contributed by atoms with E-state index in [1.54, 1.807) is 0 Å². The van der Waals surface area contributed by atoms with Crippen LogP contribution in [0.3, 0.4) is 0 Å². The van der Waals surface area contributed by atoms with Crippen LogP contribution in [0.2, 0.25) is 0 Å². The van der Waals surface area contributed by atoms with Crippen LogP contribution in [0.1, 0.15) is 11.3 Å². The molecule has 1 amide bonds. The molecule has 3 rings (SSSR count). The lowest BCUT2D eigenvalue weighted by molar-refractivity contribution is -0.137. The second-order valence-corrected chi connectivity index (χ2v) is 6.38. The first-order valence-corrected chi connectivity index (χ1v) is 8.83. The normalized spacial score (nSPS) is 15.1. The molecule has 0 bridgehead atoms. The van der Waals surface area contributed by atoms with Gasteiger partial charge in [-0.1, -0.05) is 6.07 Å². The molecule has 156 valence electrons. The number of benzene rings is 1. The van der Waals surface area contributed by atoms with Gasteiger partial charge >= 0.3 is 6.18 Å². The highest BCUT2D eigenvalue weighted by molar-refractivity contribution is 5.91. The summed E-state index contributed by atoms with van der Waals surface area (Å²) in [5.74, 6) is -0.409. The number of nitrogens with one attached hydrogen (secondary N) is 1. The Kier molecular flexibility index (Phi) is 6.55. The number of ether oxygens (including phenoxy) is 2. The molecule has 1 aromatic carbocycles. The Morgan fingerprint density at radius 2 is 1.97 bits per heavy atom.